The van der Waals surface area contributed by atoms with Crippen molar-refractivity contribution in [2.75, 3.05) is 45.8 Å². The highest BCUT2D eigenvalue weighted by molar-refractivity contribution is 5.80. The van der Waals surface area contributed by atoms with Gasteiger partial charge < -0.3 is 15.5 Å². The van der Waals surface area contributed by atoms with Gasteiger partial charge in [-0.1, -0.05) is 39.5 Å². The largest absolute Gasteiger partial charge is 0.357 e. The molecule has 1 aliphatic heterocycles. The van der Waals surface area contributed by atoms with Gasteiger partial charge in [0, 0.05) is 44.8 Å². The molecule has 0 amide bonds. The zero-order valence-electron chi connectivity index (χ0n) is 17.5. The first kappa shape index (κ1) is 22.2. The smallest absolute Gasteiger partial charge is 0.191 e. The lowest BCUT2D eigenvalue weighted by Crippen LogP contribution is -2.50. The number of rotatable bonds is 11. The normalized spacial score (nSPS) is 19.6. The van der Waals surface area contributed by atoms with Crippen LogP contribution in [0.2, 0.25) is 0 Å². The molecule has 0 bridgehead atoms. The van der Waals surface area contributed by atoms with Gasteiger partial charge in [0.2, 0.25) is 0 Å². The van der Waals surface area contributed by atoms with Gasteiger partial charge in [-0.15, -0.1) is 0 Å². The molecule has 5 nitrogen and oxygen atoms in total. The van der Waals surface area contributed by atoms with Crippen LogP contribution in [0.1, 0.15) is 66.7 Å². The van der Waals surface area contributed by atoms with Crippen molar-refractivity contribution < 1.29 is 0 Å². The van der Waals surface area contributed by atoms with Gasteiger partial charge in [0.15, 0.2) is 5.96 Å². The molecule has 1 aliphatic rings. The summed E-state index contributed by atoms with van der Waals surface area (Å²) < 4.78 is 0. The van der Waals surface area contributed by atoms with E-state index >= 15 is 0 Å². The van der Waals surface area contributed by atoms with Crippen LogP contribution in [0.4, 0.5) is 0 Å². The summed E-state index contributed by atoms with van der Waals surface area (Å²) in [5, 5.41) is 6.98. The Hall–Kier alpha value is -0.810. The Morgan fingerprint density at radius 1 is 1.00 bits per heavy atom. The minimum atomic E-state index is 0.484. The third-order valence-electron chi connectivity index (χ3n) is 5.21. The molecule has 5 heteroatoms. The first-order chi connectivity index (χ1) is 12.1. The summed E-state index contributed by atoms with van der Waals surface area (Å²) in [6.45, 7) is 18.9. The average molecular weight is 354 g/mol. The van der Waals surface area contributed by atoms with E-state index < -0.39 is 0 Å². The van der Waals surface area contributed by atoms with Crippen LogP contribution >= 0.6 is 0 Å². The predicted octanol–water partition coefficient (Wildman–Crippen LogP) is 2.93. The van der Waals surface area contributed by atoms with E-state index in [1.54, 1.807) is 0 Å². The second-order valence-electron chi connectivity index (χ2n) is 7.43. The molecule has 25 heavy (non-hydrogen) atoms. The quantitative estimate of drug-likeness (QED) is 0.340. The monoisotopic (exact) mass is 353 g/mol. The van der Waals surface area contributed by atoms with Crippen molar-refractivity contribution in [2.24, 2.45) is 4.99 Å². The van der Waals surface area contributed by atoms with E-state index in [2.05, 4.69) is 55.1 Å². The molecule has 0 spiro atoms. The highest BCUT2D eigenvalue weighted by Gasteiger charge is 2.20. The first-order valence-electron chi connectivity index (χ1n) is 10.6. The van der Waals surface area contributed by atoms with Crippen LogP contribution in [0.25, 0.3) is 0 Å². The molecule has 2 N–H and O–H groups in total. The topological polar surface area (TPSA) is 42.9 Å². The Bertz CT molecular complexity index is 350. The Morgan fingerprint density at radius 3 is 2.32 bits per heavy atom. The molecule has 0 aromatic heterocycles. The van der Waals surface area contributed by atoms with Crippen LogP contribution < -0.4 is 10.6 Å². The predicted molar refractivity (Wildman–Crippen MR) is 110 cm³/mol. The van der Waals surface area contributed by atoms with Crippen molar-refractivity contribution in [3.05, 3.63) is 0 Å². The molecule has 1 fully saturated rings. The number of hydrogen-bond donors (Lipinski definition) is 2. The van der Waals surface area contributed by atoms with Crippen LogP contribution in [0.5, 0.6) is 0 Å². The van der Waals surface area contributed by atoms with Gasteiger partial charge in [0.25, 0.3) is 0 Å². The molecule has 0 aliphatic carbocycles. The summed E-state index contributed by atoms with van der Waals surface area (Å²) in [5.41, 5.74) is 0. The molecular weight excluding hydrogens is 310 g/mol. The van der Waals surface area contributed by atoms with Crippen molar-refractivity contribution in [2.45, 2.75) is 78.8 Å². The summed E-state index contributed by atoms with van der Waals surface area (Å²) in [6.07, 6.45) is 6.52. The fraction of sp³-hybridized carbons (Fsp3) is 0.950. The number of nitrogens with one attached hydrogen (secondary N) is 2. The van der Waals surface area contributed by atoms with Gasteiger partial charge in [-0.25, -0.2) is 0 Å². The minimum Gasteiger partial charge on any atom is -0.357 e. The molecule has 0 radical (unpaired) electrons. The summed E-state index contributed by atoms with van der Waals surface area (Å²) in [7, 11) is 0. The van der Waals surface area contributed by atoms with E-state index in [-0.39, 0.29) is 0 Å². The third kappa shape index (κ3) is 9.45. The maximum atomic E-state index is 4.85. The summed E-state index contributed by atoms with van der Waals surface area (Å²) in [6, 6.07) is 0.993. The molecule has 148 valence electrons. The number of unbranched alkanes of at least 4 members (excludes halogenated alkanes) is 3. The minimum absolute atomic E-state index is 0.484. The molecule has 2 atom stereocenters. The number of hydrogen-bond acceptors (Lipinski definition) is 3. The number of piperazine rings is 1. The Morgan fingerprint density at radius 2 is 1.72 bits per heavy atom. The molecular formula is C20H43N5. The summed E-state index contributed by atoms with van der Waals surface area (Å²) >= 11 is 0. The van der Waals surface area contributed by atoms with Crippen molar-refractivity contribution >= 4 is 5.96 Å². The number of nitrogens with zero attached hydrogens (tertiary/aromatic N) is 3. The van der Waals surface area contributed by atoms with Gasteiger partial charge in [-0.3, -0.25) is 9.89 Å². The zero-order valence-corrected chi connectivity index (χ0v) is 17.5. The lowest BCUT2D eigenvalue weighted by atomic mass is 10.1. The molecule has 0 saturated carbocycles. The third-order valence-corrected chi connectivity index (χ3v) is 5.21. The lowest BCUT2D eigenvalue weighted by molar-refractivity contribution is 0.109. The van der Waals surface area contributed by atoms with E-state index in [1.807, 2.05) is 0 Å². The number of aliphatic imine (C=N–C) groups is 1. The van der Waals surface area contributed by atoms with Crippen LogP contribution in [-0.4, -0.2) is 73.7 Å². The number of guanidine groups is 1. The maximum absolute atomic E-state index is 4.85. The SMILES string of the molecule is CCCCCCC(C)NC(=NCC(C)N1CCN(CC)CC1)NCC. The van der Waals surface area contributed by atoms with Crippen molar-refractivity contribution in [1.82, 2.24) is 20.4 Å². The van der Waals surface area contributed by atoms with E-state index in [4.69, 9.17) is 4.99 Å². The second-order valence-corrected chi connectivity index (χ2v) is 7.43. The summed E-state index contributed by atoms with van der Waals surface area (Å²) in [4.78, 5) is 9.95. The molecule has 2 unspecified atom stereocenters. The molecule has 1 rings (SSSR count). The second kappa shape index (κ2) is 13.4. The standard InChI is InChI=1S/C20H43N5/c1-6-9-10-11-12-18(4)23-20(21-7-2)22-17-19(5)25-15-13-24(8-3)14-16-25/h18-19H,6-17H2,1-5H3,(H2,21,22,23). The Kier molecular flexibility index (Phi) is 11.9. The average Bonchev–Trinajstić information content (AvgIpc) is 2.63. The fourth-order valence-electron chi connectivity index (χ4n) is 3.36. The molecule has 1 heterocycles. The fourth-order valence-corrected chi connectivity index (χ4v) is 3.36. The maximum Gasteiger partial charge on any atom is 0.191 e. The van der Waals surface area contributed by atoms with Gasteiger partial charge in [0.05, 0.1) is 6.54 Å². The molecule has 0 aromatic rings. The van der Waals surface area contributed by atoms with Crippen molar-refractivity contribution in [3.63, 3.8) is 0 Å². The van der Waals surface area contributed by atoms with Crippen molar-refractivity contribution in [3.8, 4) is 0 Å². The summed E-state index contributed by atoms with van der Waals surface area (Å²) in [5.74, 6) is 0.976. The van der Waals surface area contributed by atoms with E-state index in [0.717, 1.165) is 19.0 Å². The molecule has 1 saturated heterocycles. The Labute approximate surface area is 156 Å². The van der Waals surface area contributed by atoms with Crippen LogP contribution in [0.15, 0.2) is 4.99 Å². The zero-order chi connectivity index (χ0) is 18.5. The van der Waals surface area contributed by atoms with Gasteiger partial charge >= 0.3 is 0 Å². The lowest BCUT2D eigenvalue weighted by Gasteiger charge is -2.37. The van der Waals surface area contributed by atoms with Crippen molar-refractivity contribution in [1.29, 1.82) is 0 Å². The highest BCUT2D eigenvalue weighted by Crippen LogP contribution is 2.07. The van der Waals surface area contributed by atoms with E-state index in [0.29, 0.717) is 12.1 Å². The van der Waals surface area contributed by atoms with Crippen LogP contribution in [-0.2, 0) is 0 Å². The van der Waals surface area contributed by atoms with Crippen LogP contribution in [0.3, 0.4) is 0 Å². The van der Waals surface area contributed by atoms with Crippen LogP contribution in [0, 0.1) is 0 Å². The highest BCUT2D eigenvalue weighted by atomic mass is 15.3. The molecule has 0 aromatic carbocycles. The Balaban J connectivity index is 2.38. The first-order valence-corrected chi connectivity index (χ1v) is 10.6. The van der Waals surface area contributed by atoms with E-state index in [9.17, 15) is 0 Å². The van der Waals surface area contributed by atoms with Gasteiger partial charge in [-0.05, 0) is 33.7 Å². The van der Waals surface area contributed by atoms with E-state index in [1.165, 1.54) is 64.8 Å². The van der Waals surface area contributed by atoms with Gasteiger partial charge in [0.1, 0.15) is 0 Å². The van der Waals surface area contributed by atoms with Gasteiger partial charge in [-0.2, -0.15) is 0 Å². The number of likely N-dealkylation sites (N-methyl/N-ethyl adjacent to an activating group) is 1.